The van der Waals surface area contributed by atoms with Gasteiger partial charge < -0.3 is 5.11 Å². The lowest BCUT2D eigenvalue weighted by atomic mass is 10.1. The van der Waals surface area contributed by atoms with Gasteiger partial charge in [-0.3, -0.25) is 10.1 Å². The Hall–Kier alpha value is -2.47. The van der Waals surface area contributed by atoms with E-state index in [1.807, 2.05) is 0 Å². The summed E-state index contributed by atoms with van der Waals surface area (Å²) in [4.78, 5) is 11.8. The van der Waals surface area contributed by atoms with Crippen LogP contribution in [0.1, 0.15) is 6.92 Å². The van der Waals surface area contributed by atoms with Crippen LogP contribution in [0.15, 0.2) is 29.2 Å². The second-order valence-electron chi connectivity index (χ2n) is 5.21. The first-order valence-electron chi connectivity index (χ1n) is 6.66. The van der Waals surface area contributed by atoms with E-state index in [-0.39, 0.29) is 16.6 Å². The van der Waals surface area contributed by atoms with Gasteiger partial charge in [-0.05, 0) is 31.2 Å². The average molecular weight is 353 g/mol. The molecule has 24 heavy (non-hydrogen) atoms. The molecule has 0 aliphatic heterocycles. The summed E-state index contributed by atoms with van der Waals surface area (Å²) in [6.45, 7) is 1.03. The van der Waals surface area contributed by atoms with E-state index in [0.29, 0.717) is 0 Å². The normalized spacial score (nSPS) is 14.0. The molecule has 0 saturated heterocycles. The molecular weight excluding hydrogens is 340 g/mol. The van der Waals surface area contributed by atoms with E-state index >= 15 is 0 Å². The van der Waals surface area contributed by atoms with Gasteiger partial charge in [-0.2, -0.15) is 0 Å². The van der Waals surface area contributed by atoms with Crippen LogP contribution in [-0.2, 0) is 14.6 Å². The van der Waals surface area contributed by atoms with Gasteiger partial charge in [0.1, 0.15) is 11.5 Å². The van der Waals surface area contributed by atoms with Crippen molar-refractivity contribution in [1.82, 2.24) is 20.4 Å². The number of hydrogen-bond acceptors (Lipinski definition) is 8. The molecule has 0 bridgehead atoms. The molecule has 0 unspecified atom stereocenters. The van der Waals surface area contributed by atoms with Crippen molar-refractivity contribution in [3.05, 3.63) is 30.1 Å². The predicted molar refractivity (Wildman–Crippen MR) is 83.5 cm³/mol. The maximum Gasteiger partial charge on any atom is 0.268 e. The van der Waals surface area contributed by atoms with Crippen molar-refractivity contribution >= 4 is 35.3 Å². The van der Waals surface area contributed by atoms with Crippen molar-refractivity contribution < 1.29 is 22.7 Å². The van der Waals surface area contributed by atoms with Crippen LogP contribution in [0.3, 0.4) is 0 Å². The minimum Gasteiger partial charge on any atom is -0.379 e. The molecule has 1 aromatic heterocycles. The zero-order valence-electron chi connectivity index (χ0n) is 12.8. The number of nitrogens with one attached hydrogen (secondary N) is 1. The van der Waals surface area contributed by atoms with Crippen molar-refractivity contribution in [2.45, 2.75) is 17.4 Å². The first kappa shape index (κ1) is 17.9. The smallest absolute Gasteiger partial charge is 0.268 e. The molecular formula is C12H13BFN5O4S. The summed E-state index contributed by atoms with van der Waals surface area (Å²) in [7, 11) is -2.49. The van der Waals surface area contributed by atoms with Gasteiger partial charge in [-0.1, -0.05) is 0 Å². The van der Waals surface area contributed by atoms with E-state index in [1.165, 1.54) is 7.85 Å². The average Bonchev–Trinajstić information content (AvgIpc) is 2.49. The number of benzene rings is 1. The highest BCUT2D eigenvalue weighted by atomic mass is 32.2. The lowest BCUT2D eigenvalue weighted by Crippen LogP contribution is -2.46. The zero-order chi connectivity index (χ0) is 18.0. The number of nitrogens with zero attached hydrogens (tertiary/aromatic N) is 4. The quantitative estimate of drug-likeness (QED) is 0.458. The lowest BCUT2D eigenvalue weighted by molar-refractivity contribution is -0.130. The van der Waals surface area contributed by atoms with Crippen molar-refractivity contribution in [2.75, 3.05) is 11.1 Å². The molecule has 2 rings (SSSR count). The van der Waals surface area contributed by atoms with E-state index in [4.69, 9.17) is 0 Å². The Bertz CT molecular complexity index is 843. The van der Waals surface area contributed by atoms with Crippen molar-refractivity contribution in [2.24, 2.45) is 0 Å². The Balaban J connectivity index is 2.15. The summed E-state index contributed by atoms with van der Waals surface area (Å²) < 4.78 is 37.4. The number of halogens is 1. The number of carbonyl (C=O) groups is 1. The van der Waals surface area contributed by atoms with Crippen molar-refractivity contribution in [1.29, 1.82) is 0 Å². The SMILES string of the molecule is Bc1nnc(NC(=O)[C@@](C)(O)CS(=O)(=O)c2ccc(F)cc2)nn1. The summed E-state index contributed by atoms with van der Waals surface area (Å²) in [6, 6.07) is 4.05. The van der Waals surface area contributed by atoms with Crippen LogP contribution in [0.4, 0.5) is 10.3 Å². The lowest BCUT2D eigenvalue weighted by Gasteiger charge is -2.21. The number of anilines is 1. The molecule has 0 radical (unpaired) electrons. The Kier molecular flexibility index (Phi) is 4.90. The molecule has 9 nitrogen and oxygen atoms in total. The number of carbonyl (C=O) groups excluding carboxylic acids is 1. The third-order valence-electron chi connectivity index (χ3n) is 2.94. The van der Waals surface area contributed by atoms with Crippen LogP contribution in [0, 0.1) is 5.82 Å². The van der Waals surface area contributed by atoms with Crippen LogP contribution in [0.5, 0.6) is 0 Å². The molecule has 1 heterocycles. The summed E-state index contributed by atoms with van der Waals surface area (Å²) in [6.07, 6.45) is 0. The summed E-state index contributed by atoms with van der Waals surface area (Å²) in [5.74, 6) is -2.83. The van der Waals surface area contributed by atoms with Crippen LogP contribution in [0.2, 0.25) is 0 Å². The molecule has 0 aliphatic carbocycles. The maximum absolute atomic E-state index is 12.9. The summed E-state index contributed by atoms with van der Waals surface area (Å²) in [5.41, 5.74) is -2.00. The molecule has 0 aliphatic rings. The van der Waals surface area contributed by atoms with Crippen LogP contribution in [0.25, 0.3) is 0 Å². The van der Waals surface area contributed by atoms with E-state index in [0.717, 1.165) is 31.2 Å². The second-order valence-corrected chi connectivity index (χ2v) is 7.20. The first-order chi connectivity index (χ1) is 11.1. The molecule has 1 aromatic carbocycles. The van der Waals surface area contributed by atoms with Gasteiger partial charge in [-0.15, -0.1) is 20.4 Å². The van der Waals surface area contributed by atoms with Crippen molar-refractivity contribution in [3.63, 3.8) is 0 Å². The van der Waals surface area contributed by atoms with Gasteiger partial charge in [-0.25, -0.2) is 12.8 Å². The number of rotatable bonds is 5. The minimum absolute atomic E-state index is 0.216. The van der Waals surface area contributed by atoms with E-state index in [9.17, 15) is 22.7 Å². The summed E-state index contributed by atoms with van der Waals surface area (Å²) >= 11 is 0. The molecule has 1 amide bonds. The molecule has 2 N–H and O–H groups in total. The van der Waals surface area contributed by atoms with Gasteiger partial charge in [0, 0.05) is 0 Å². The monoisotopic (exact) mass is 353 g/mol. The van der Waals surface area contributed by atoms with Crippen LogP contribution in [-0.4, -0.2) is 59.0 Å². The number of sulfone groups is 1. The fraction of sp³-hybridized carbons (Fsp3) is 0.250. The highest BCUT2D eigenvalue weighted by molar-refractivity contribution is 7.91. The largest absolute Gasteiger partial charge is 0.379 e. The Labute approximate surface area is 137 Å². The van der Waals surface area contributed by atoms with E-state index in [1.54, 1.807) is 0 Å². The van der Waals surface area contributed by atoms with E-state index in [2.05, 4.69) is 25.7 Å². The number of aromatic nitrogens is 4. The molecule has 12 heteroatoms. The van der Waals surface area contributed by atoms with Gasteiger partial charge in [0.25, 0.3) is 11.9 Å². The zero-order valence-corrected chi connectivity index (χ0v) is 13.6. The van der Waals surface area contributed by atoms with Gasteiger partial charge >= 0.3 is 0 Å². The molecule has 2 aromatic rings. The number of amides is 1. The Morgan fingerprint density at radius 3 is 2.33 bits per heavy atom. The predicted octanol–water partition coefficient (Wildman–Crippen LogP) is -2.17. The van der Waals surface area contributed by atoms with Crippen molar-refractivity contribution in [3.8, 4) is 0 Å². The number of aliphatic hydroxyl groups is 1. The van der Waals surface area contributed by atoms with Crippen LogP contribution < -0.4 is 11.0 Å². The molecule has 126 valence electrons. The topological polar surface area (TPSA) is 135 Å². The third kappa shape index (κ3) is 4.29. The highest BCUT2D eigenvalue weighted by Gasteiger charge is 2.37. The fourth-order valence-electron chi connectivity index (χ4n) is 1.73. The highest BCUT2D eigenvalue weighted by Crippen LogP contribution is 2.18. The molecule has 0 fully saturated rings. The maximum atomic E-state index is 12.9. The number of hydrogen-bond donors (Lipinski definition) is 2. The molecule has 0 spiro atoms. The van der Waals surface area contributed by atoms with Gasteiger partial charge in [0.15, 0.2) is 23.3 Å². The fourth-order valence-corrected chi connectivity index (χ4v) is 3.31. The molecule has 0 saturated carbocycles. The second kappa shape index (κ2) is 6.57. The van der Waals surface area contributed by atoms with Crippen LogP contribution >= 0.6 is 0 Å². The third-order valence-corrected chi connectivity index (χ3v) is 4.87. The minimum atomic E-state index is -4.03. The van der Waals surface area contributed by atoms with Gasteiger partial charge in [0.2, 0.25) is 0 Å². The standard InChI is InChI=1S/C12H13BFN5O4S/c1-12(21,9(20)15-11-18-16-10(13)17-19-11)6-24(22,23)8-4-2-7(14)3-5-8/h2-5,21H,6,13H2,1H3,(H,15,18,19,20)/t12-/m0/s1. The first-order valence-corrected chi connectivity index (χ1v) is 8.31. The summed E-state index contributed by atoms with van der Waals surface area (Å²) in [5, 5.41) is 26.5. The Morgan fingerprint density at radius 1 is 1.25 bits per heavy atom. The van der Waals surface area contributed by atoms with Gasteiger partial charge in [0.05, 0.1) is 10.6 Å². The van der Waals surface area contributed by atoms with E-state index < -0.39 is 32.9 Å². The Morgan fingerprint density at radius 2 is 1.79 bits per heavy atom. The molecule has 1 atom stereocenters.